The minimum Gasteiger partial charge on any atom is -0.247 e. The van der Waals surface area contributed by atoms with E-state index in [-0.39, 0.29) is 10.6 Å². The monoisotopic (exact) mass is 367 g/mol. The van der Waals surface area contributed by atoms with Gasteiger partial charge in [0.2, 0.25) is 0 Å². The molecule has 0 saturated carbocycles. The molecule has 1 rings (SSSR count). The van der Waals surface area contributed by atoms with Crippen LogP contribution in [0, 0.1) is 3.57 Å². The van der Waals surface area contributed by atoms with Gasteiger partial charge in [-0.25, -0.2) is 13.8 Å². The molecule has 0 amide bonds. The molecule has 1 aromatic heterocycles. The van der Waals surface area contributed by atoms with E-state index in [2.05, 4.69) is 20.9 Å². The number of nitrogens with zero attached hydrogens (tertiary/aromatic N) is 1. The van der Waals surface area contributed by atoms with E-state index < -0.39 is 6.43 Å². The number of aromatic nitrogens is 1. The molecule has 0 aliphatic rings. The molecule has 12 heavy (non-hydrogen) atoms. The van der Waals surface area contributed by atoms with Crippen LogP contribution in [0.3, 0.4) is 0 Å². The summed E-state index contributed by atoms with van der Waals surface area (Å²) in [5.41, 5.74) is -0.135. The molecule has 0 aliphatic carbocycles. The van der Waals surface area contributed by atoms with Crippen LogP contribution in [0.25, 0.3) is 0 Å². The lowest BCUT2D eigenvalue weighted by Crippen LogP contribution is -1.93. The van der Waals surface area contributed by atoms with Crippen molar-refractivity contribution in [1.82, 2.24) is 4.98 Å². The Hall–Kier alpha value is 0.510. The van der Waals surface area contributed by atoms with Crippen molar-refractivity contribution in [3.63, 3.8) is 0 Å². The lowest BCUT2D eigenvalue weighted by molar-refractivity contribution is 0.150. The molecule has 0 N–H and O–H groups in total. The number of hydrogen-bond donors (Lipinski definition) is 0. The Morgan fingerprint density at radius 3 is 2.67 bits per heavy atom. The maximum Gasteiger partial charge on any atom is 0.266 e. The molecule has 0 bridgehead atoms. The lowest BCUT2D eigenvalue weighted by Gasteiger charge is -2.04. The van der Waals surface area contributed by atoms with Gasteiger partial charge in [-0.2, -0.15) is 0 Å². The molecule has 1 aromatic rings. The second-order valence-electron chi connectivity index (χ2n) is 1.93. The third-order valence-corrected chi connectivity index (χ3v) is 3.86. The number of alkyl halides is 2. The topological polar surface area (TPSA) is 12.9 Å². The van der Waals surface area contributed by atoms with Crippen LogP contribution in [0.1, 0.15) is 12.0 Å². The zero-order valence-corrected chi connectivity index (χ0v) is 9.99. The van der Waals surface area contributed by atoms with Crippen LogP contribution in [0.2, 0.25) is 5.02 Å². The first-order valence-electron chi connectivity index (χ1n) is 2.81. The fraction of sp³-hybridized carbons (Fsp3) is 0.167. The summed E-state index contributed by atoms with van der Waals surface area (Å²) in [6.07, 6.45) is -1.42. The summed E-state index contributed by atoms with van der Waals surface area (Å²) >= 11 is 10.5. The summed E-state index contributed by atoms with van der Waals surface area (Å²) in [5.74, 6) is 0. The molecule has 6 heteroatoms. The third-order valence-electron chi connectivity index (χ3n) is 1.18. The highest BCUT2D eigenvalue weighted by Crippen LogP contribution is 2.32. The Bertz CT molecular complexity index is 308. The van der Waals surface area contributed by atoms with Gasteiger partial charge < -0.3 is 0 Å². The van der Waals surface area contributed by atoms with Gasteiger partial charge >= 0.3 is 0 Å². The predicted octanol–water partition coefficient (Wildman–Crippen LogP) is 4.04. The molecule has 66 valence electrons. The van der Waals surface area contributed by atoms with Gasteiger partial charge in [-0.15, -0.1) is 0 Å². The Labute approximate surface area is 94.8 Å². The molecule has 0 fully saturated rings. The number of pyridine rings is 1. The maximum absolute atomic E-state index is 12.2. The largest absolute Gasteiger partial charge is 0.266 e. The average molecular weight is 368 g/mol. The maximum atomic E-state index is 12.2. The molecule has 0 atom stereocenters. The fourth-order valence-electron chi connectivity index (χ4n) is 0.609. The van der Waals surface area contributed by atoms with E-state index in [1.807, 2.05) is 0 Å². The Balaban J connectivity index is 3.27. The predicted molar refractivity (Wildman–Crippen MR) is 54.6 cm³/mol. The van der Waals surface area contributed by atoms with E-state index in [0.717, 1.165) is 6.20 Å². The molecule has 0 aliphatic heterocycles. The van der Waals surface area contributed by atoms with E-state index in [9.17, 15) is 8.78 Å². The first kappa shape index (κ1) is 10.6. The van der Waals surface area contributed by atoms with E-state index >= 15 is 0 Å². The molecule has 1 nitrogen and oxygen atoms in total. The Kier molecular flexibility index (Phi) is 3.66. The van der Waals surface area contributed by atoms with Crippen LogP contribution in [0.4, 0.5) is 8.78 Å². The number of halogens is 5. The van der Waals surface area contributed by atoms with Gasteiger partial charge in [-0.3, -0.25) is 0 Å². The van der Waals surface area contributed by atoms with Crippen molar-refractivity contribution in [2.24, 2.45) is 0 Å². The summed E-state index contributed by atoms with van der Waals surface area (Å²) in [7, 11) is 0. The molecule has 0 spiro atoms. The van der Waals surface area contributed by atoms with Crippen molar-refractivity contribution in [1.29, 1.82) is 0 Å². The molecule has 0 saturated heterocycles. The van der Waals surface area contributed by atoms with Crippen LogP contribution in [-0.4, -0.2) is 4.98 Å². The molecule has 0 aromatic carbocycles. The van der Waals surface area contributed by atoms with Gasteiger partial charge in [0.05, 0.1) is 10.6 Å². The van der Waals surface area contributed by atoms with Crippen LogP contribution in [0.5, 0.6) is 0 Å². The summed E-state index contributed by atoms with van der Waals surface area (Å²) in [6, 6.07) is 0. The van der Waals surface area contributed by atoms with Crippen molar-refractivity contribution in [3.05, 3.63) is 25.0 Å². The molecule has 1 heterocycles. The Morgan fingerprint density at radius 2 is 2.17 bits per heavy atom. The van der Waals surface area contributed by atoms with Gasteiger partial charge in [0, 0.05) is 9.77 Å². The zero-order chi connectivity index (χ0) is 9.30. The van der Waals surface area contributed by atoms with E-state index in [4.69, 9.17) is 11.6 Å². The highest BCUT2D eigenvalue weighted by Gasteiger charge is 2.16. The molecule has 0 unspecified atom stereocenters. The quantitative estimate of drug-likeness (QED) is 0.539. The summed E-state index contributed by atoms with van der Waals surface area (Å²) in [6.45, 7) is 0. The normalized spacial score (nSPS) is 10.8. The van der Waals surface area contributed by atoms with Crippen LogP contribution in [0.15, 0.2) is 10.8 Å². The zero-order valence-electron chi connectivity index (χ0n) is 5.49. The van der Waals surface area contributed by atoms with Gasteiger partial charge in [0.25, 0.3) is 6.43 Å². The minimum absolute atomic E-state index is 0.135. The van der Waals surface area contributed by atoms with E-state index in [1.54, 1.807) is 22.6 Å². The van der Waals surface area contributed by atoms with Crippen molar-refractivity contribution in [2.45, 2.75) is 6.43 Å². The van der Waals surface area contributed by atoms with Crippen LogP contribution < -0.4 is 0 Å². The van der Waals surface area contributed by atoms with Crippen molar-refractivity contribution >= 4 is 50.1 Å². The highest BCUT2D eigenvalue weighted by atomic mass is 127. The first-order chi connectivity index (χ1) is 5.54. The highest BCUT2D eigenvalue weighted by molar-refractivity contribution is 14.1. The number of hydrogen-bond acceptors (Lipinski definition) is 1. The number of rotatable bonds is 1. The molecular formula is C6H2BrClF2IN. The lowest BCUT2D eigenvalue weighted by atomic mass is 10.3. The average Bonchev–Trinajstić information content (AvgIpc) is 2.00. The molecule has 0 radical (unpaired) electrons. The summed E-state index contributed by atoms with van der Waals surface area (Å²) in [5, 5.41) is 0.230. The standard InChI is InChI=1S/C6H2BrClF2IN/c7-5-3(8)4(11)2(1-12-5)6(9)10/h1,6H. The van der Waals surface area contributed by atoms with Crippen molar-refractivity contribution < 1.29 is 8.78 Å². The smallest absolute Gasteiger partial charge is 0.247 e. The second kappa shape index (κ2) is 4.15. The van der Waals surface area contributed by atoms with E-state index in [0.29, 0.717) is 8.17 Å². The van der Waals surface area contributed by atoms with Gasteiger partial charge in [-0.05, 0) is 38.5 Å². The summed E-state index contributed by atoms with van der Waals surface area (Å²) in [4.78, 5) is 3.66. The van der Waals surface area contributed by atoms with Crippen LogP contribution in [-0.2, 0) is 0 Å². The fourth-order valence-corrected chi connectivity index (χ4v) is 2.07. The van der Waals surface area contributed by atoms with E-state index in [1.165, 1.54) is 0 Å². The summed E-state index contributed by atoms with van der Waals surface area (Å²) < 4.78 is 25.2. The molecular weight excluding hydrogens is 366 g/mol. The van der Waals surface area contributed by atoms with Gasteiger partial charge in [-0.1, -0.05) is 11.6 Å². The van der Waals surface area contributed by atoms with Crippen molar-refractivity contribution in [3.8, 4) is 0 Å². The SMILES string of the molecule is FC(F)c1cnc(Br)c(Cl)c1I. The van der Waals surface area contributed by atoms with Crippen molar-refractivity contribution in [2.75, 3.05) is 0 Å². The first-order valence-corrected chi connectivity index (χ1v) is 5.06. The minimum atomic E-state index is -2.53. The van der Waals surface area contributed by atoms with Crippen LogP contribution >= 0.6 is 50.1 Å². The second-order valence-corrected chi connectivity index (χ2v) is 4.14. The Morgan fingerprint density at radius 1 is 1.58 bits per heavy atom. The third kappa shape index (κ3) is 2.05. The van der Waals surface area contributed by atoms with Gasteiger partial charge in [0.1, 0.15) is 4.60 Å². The van der Waals surface area contributed by atoms with Gasteiger partial charge in [0.15, 0.2) is 0 Å².